The average Bonchev–Trinajstić information content (AvgIpc) is 2.45. The van der Waals surface area contributed by atoms with E-state index in [0.717, 1.165) is 6.92 Å². The van der Waals surface area contributed by atoms with Crippen molar-refractivity contribution in [3.8, 4) is 0 Å². The lowest BCUT2D eigenvalue weighted by atomic mass is 9.90. The van der Waals surface area contributed by atoms with Gasteiger partial charge in [0.15, 0.2) is 5.78 Å². The molecule has 0 aromatic heterocycles. The quantitative estimate of drug-likeness (QED) is 0.861. The van der Waals surface area contributed by atoms with Crippen LogP contribution in [0.25, 0.3) is 5.57 Å². The van der Waals surface area contributed by atoms with Crippen molar-refractivity contribution >= 4 is 11.4 Å². The fourth-order valence-electron chi connectivity index (χ4n) is 2.12. The van der Waals surface area contributed by atoms with Gasteiger partial charge in [-0.3, -0.25) is 4.79 Å². The van der Waals surface area contributed by atoms with Crippen LogP contribution < -0.4 is 0 Å². The monoisotopic (exact) mass is 296 g/mol. The van der Waals surface area contributed by atoms with Gasteiger partial charge in [0.2, 0.25) is 5.88 Å². The molecule has 1 aliphatic heterocycles. The summed E-state index contributed by atoms with van der Waals surface area (Å²) >= 11 is 0. The van der Waals surface area contributed by atoms with Gasteiger partial charge in [0.1, 0.15) is 6.61 Å². The van der Waals surface area contributed by atoms with Crippen LogP contribution in [0.15, 0.2) is 52.5 Å². The van der Waals surface area contributed by atoms with Gasteiger partial charge in [0, 0.05) is 5.57 Å². The smallest absolute Gasteiger partial charge is 0.416 e. The number of benzene rings is 1. The maximum atomic E-state index is 13.1. The lowest BCUT2D eigenvalue weighted by molar-refractivity contribution is -0.116. The van der Waals surface area contributed by atoms with E-state index in [4.69, 9.17) is 10.3 Å². The molecule has 110 valence electrons. The van der Waals surface area contributed by atoms with Crippen molar-refractivity contribution in [2.45, 2.75) is 13.1 Å². The molecule has 0 amide bonds. The minimum absolute atomic E-state index is 0.100. The summed E-state index contributed by atoms with van der Waals surface area (Å²) in [6, 6.07) is 7.98. The Balaban J connectivity index is 2.76. The standard InChI is InChI=1S/C14H11F3N2O2/c1-8(20)11-10(14(15,16)17)7-21-13(19-18)12(11)9-5-3-2-4-6-9/h2-6,18H,7H2,1H3. The minimum atomic E-state index is -4.69. The Morgan fingerprint density at radius 1 is 1.29 bits per heavy atom. The zero-order chi connectivity index (χ0) is 15.6. The van der Waals surface area contributed by atoms with Crippen molar-refractivity contribution in [3.63, 3.8) is 0 Å². The second-order valence-electron chi connectivity index (χ2n) is 4.35. The molecule has 0 bridgehead atoms. The molecule has 7 heteroatoms. The van der Waals surface area contributed by atoms with Crippen molar-refractivity contribution in [3.05, 3.63) is 52.9 Å². The lowest BCUT2D eigenvalue weighted by Crippen LogP contribution is -2.25. The Morgan fingerprint density at radius 3 is 2.38 bits per heavy atom. The van der Waals surface area contributed by atoms with E-state index in [0.29, 0.717) is 5.56 Å². The zero-order valence-corrected chi connectivity index (χ0v) is 11.0. The number of nitrogens with zero attached hydrogens (tertiary/aromatic N) is 1. The molecule has 4 nitrogen and oxygen atoms in total. The molecule has 0 unspecified atom stereocenters. The van der Waals surface area contributed by atoms with Crippen molar-refractivity contribution in [1.29, 1.82) is 5.53 Å². The molecule has 1 heterocycles. The molecule has 21 heavy (non-hydrogen) atoms. The van der Waals surface area contributed by atoms with Gasteiger partial charge >= 0.3 is 6.18 Å². The fraction of sp³-hybridized carbons (Fsp3) is 0.214. The number of halogens is 3. The molecule has 1 aromatic rings. The van der Waals surface area contributed by atoms with E-state index in [2.05, 4.69) is 5.11 Å². The van der Waals surface area contributed by atoms with Crippen LogP contribution in [0, 0.1) is 5.53 Å². The Kier molecular flexibility index (Phi) is 3.93. The van der Waals surface area contributed by atoms with Crippen LogP contribution in [0.4, 0.5) is 13.2 Å². The summed E-state index contributed by atoms with van der Waals surface area (Å²) in [4.78, 5) is 11.8. The maximum absolute atomic E-state index is 13.1. The molecule has 0 saturated carbocycles. The van der Waals surface area contributed by atoms with Gasteiger partial charge < -0.3 is 4.74 Å². The predicted molar refractivity (Wildman–Crippen MR) is 68.2 cm³/mol. The van der Waals surface area contributed by atoms with Gasteiger partial charge in [-0.05, 0) is 12.5 Å². The van der Waals surface area contributed by atoms with Crippen LogP contribution in [0.2, 0.25) is 0 Å². The fourth-order valence-corrected chi connectivity index (χ4v) is 2.12. The van der Waals surface area contributed by atoms with E-state index >= 15 is 0 Å². The Bertz CT molecular complexity index is 646. The number of carbonyl (C=O) groups is 1. The van der Waals surface area contributed by atoms with E-state index < -0.39 is 29.7 Å². The zero-order valence-electron chi connectivity index (χ0n) is 11.0. The number of nitrogens with one attached hydrogen (secondary N) is 1. The van der Waals surface area contributed by atoms with Gasteiger partial charge in [-0.25, -0.2) is 5.53 Å². The molecule has 0 atom stereocenters. The SMILES string of the molecule is CC(=O)C1=C(C(F)(F)F)COC(N=N)=C1c1ccccc1. The number of alkyl halides is 3. The lowest BCUT2D eigenvalue weighted by Gasteiger charge is -2.24. The number of carbonyl (C=O) groups excluding carboxylic acids is 1. The molecular formula is C14H11F3N2O2. The van der Waals surface area contributed by atoms with Crippen LogP contribution in [0.1, 0.15) is 12.5 Å². The maximum Gasteiger partial charge on any atom is 0.416 e. The molecule has 2 rings (SSSR count). The molecule has 1 aromatic carbocycles. The largest absolute Gasteiger partial charge is 0.471 e. The van der Waals surface area contributed by atoms with E-state index in [9.17, 15) is 18.0 Å². The number of ether oxygens (including phenoxy) is 1. The van der Waals surface area contributed by atoms with Crippen LogP contribution in [-0.4, -0.2) is 18.6 Å². The number of allylic oxidation sites excluding steroid dienone is 2. The molecule has 0 fully saturated rings. The first-order valence-corrected chi connectivity index (χ1v) is 5.98. The number of hydrogen-bond donors (Lipinski definition) is 1. The molecule has 0 spiro atoms. The third-order valence-corrected chi connectivity index (χ3v) is 2.98. The highest BCUT2D eigenvalue weighted by Gasteiger charge is 2.42. The second kappa shape index (κ2) is 5.51. The van der Waals surface area contributed by atoms with Crippen molar-refractivity contribution in [2.75, 3.05) is 6.61 Å². The predicted octanol–water partition coefficient (Wildman–Crippen LogP) is 3.86. The summed E-state index contributed by atoms with van der Waals surface area (Å²) in [5, 5.41) is 3.11. The van der Waals surface area contributed by atoms with Gasteiger partial charge in [-0.15, -0.1) is 5.11 Å². The van der Waals surface area contributed by atoms with E-state index in [1.165, 1.54) is 12.1 Å². The third kappa shape index (κ3) is 2.86. The summed E-state index contributed by atoms with van der Waals surface area (Å²) in [6.07, 6.45) is -4.69. The first-order valence-electron chi connectivity index (χ1n) is 5.98. The van der Waals surface area contributed by atoms with Crippen LogP contribution in [-0.2, 0) is 9.53 Å². The number of ketones is 1. The summed E-state index contributed by atoms with van der Waals surface area (Å²) < 4.78 is 44.2. The van der Waals surface area contributed by atoms with Crippen LogP contribution in [0.3, 0.4) is 0 Å². The van der Waals surface area contributed by atoms with Crippen molar-refractivity contribution in [1.82, 2.24) is 0 Å². The Morgan fingerprint density at radius 2 is 1.90 bits per heavy atom. The summed E-state index contributed by atoms with van der Waals surface area (Å²) in [7, 11) is 0. The highest BCUT2D eigenvalue weighted by Crippen LogP contribution is 2.40. The summed E-state index contributed by atoms with van der Waals surface area (Å²) in [5.74, 6) is -1.04. The normalized spacial score (nSPS) is 15.8. The molecule has 1 aliphatic rings. The molecule has 0 radical (unpaired) electrons. The average molecular weight is 296 g/mol. The third-order valence-electron chi connectivity index (χ3n) is 2.98. The topological polar surface area (TPSA) is 62.5 Å². The molecule has 1 N–H and O–H groups in total. The first-order chi connectivity index (χ1) is 9.86. The van der Waals surface area contributed by atoms with Crippen LogP contribution in [0.5, 0.6) is 0 Å². The minimum Gasteiger partial charge on any atom is -0.471 e. The van der Waals surface area contributed by atoms with Crippen LogP contribution >= 0.6 is 0 Å². The first kappa shape index (κ1) is 15.0. The van der Waals surface area contributed by atoms with Gasteiger partial charge in [-0.2, -0.15) is 13.2 Å². The highest BCUT2D eigenvalue weighted by atomic mass is 19.4. The second-order valence-corrected chi connectivity index (χ2v) is 4.35. The molecule has 0 aliphatic carbocycles. The van der Waals surface area contributed by atoms with Crippen molar-refractivity contribution in [2.24, 2.45) is 5.11 Å². The number of Topliss-reactive ketones (excluding diaryl/α,β-unsaturated/α-hetero) is 1. The van der Waals surface area contributed by atoms with Crippen molar-refractivity contribution < 1.29 is 22.7 Å². The summed E-state index contributed by atoms with van der Waals surface area (Å²) in [6.45, 7) is 0.226. The van der Waals surface area contributed by atoms with E-state index in [1.807, 2.05) is 0 Å². The van der Waals surface area contributed by atoms with Gasteiger partial charge in [0.25, 0.3) is 0 Å². The van der Waals surface area contributed by atoms with Gasteiger partial charge in [0.05, 0.1) is 11.1 Å². The number of rotatable bonds is 3. The molecule has 0 saturated heterocycles. The molecular weight excluding hydrogens is 285 g/mol. The Hall–Kier alpha value is -2.44. The Labute approximate surface area is 118 Å². The van der Waals surface area contributed by atoms with E-state index in [-0.39, 0.29) is 11.5 Å². The van der Waals surface area contributed by atoms with E-state index in [1.54, 1.807) is 18.2 Å². The summed E-state index contributed by atoms with van der Waals surface area (Å²) in [5.41, 5.74) is 5.75. The van der Waals surface area contributed by atoms with Gasteiger partial charge in [-0.1, -0.05) is 30.3 Å². The number of hydrogen-bond acceptors (Lipinski definition) is 4. The highest BCUT2D eigenvalue weighted by molar-refractivity contribution is 6.10.